The third kappa shape index (κ3) is 4.23. The first-order valence-electron chi connectivity index (χ1n) is 10.2. The minimum absolute atomic E-state index is 0.171. The molecule has 0 spiro atoms. The quantitative estimate of drug-likeness (QED) is 0.521. The van der Waals surface area contributed by atoms with Crippen LogP contribution in [0.4, 0.5) is 0 Å². The Kier molecular flexibility index (Phi) is 5.62. The van der Waals surface area contributed by atoms with Crippen LogP contribution in [0.3, 0.4) is 0 Å². The summed E-state index contributed by atoms with van der Waals surface area (Å²) in [6.07, 6.45) is 2.40. The number of rotatable bonds is 6. The van der Waals surface area contributed by atoms with E-state index in [1.54, 1.807) is 15.6 Å². The second-order valence-corrected chi connectivity index (χ2v) is 7.57. The van der Waals surface area contributed by atoms with E-state index in [0.29, 0.717) is 12.0 Å². The van der Waals surface area contributed by atoms with E-state index in [1.165, 1.54) is 5.56 Å². The number of amides is 1. The summed E-state index contributed by atoms with van der Waals surface area (Å²) in [6.45, 7) is 5.99. The molecule has 1 amide bonds. The highest BCUT2D eigenvalue weighted by molar-refractivity contribution is 5.96. The first-order chi connectivity index (χ1) is 15.0. The lowest BCUT2D eigenvalue weighted by molar-refractivity contribution is 0.0938. The van der Waals surface area contributed by atoms with Crippen LogP contribution in [-0.4, -0.2) is 35.9 Å². The Morgan fingerprint density at radius 3 is 2.55 bits per heavy atom. The zero-order chi connectivity index (χ0) is 22.0. The molecule has 158 valence electrons. The van der Waals surface area contributed by atoms with E-state index >= 15 is 0 Å². The Bertz CT molecular complexity index is 1210. The molecule has 0 aliphatic carbocycles. The van der Waals surface area contributed by atoms with Gasteiger partial charge in [0.15, 0.2) is 5.82 Å². The fourth-order valence-corrected chi connectivity index (χ4v) is 3.57. The molecule has 1 atom stereocenters. The Morgan fingerprint density at radius 1 is 1.10 bits per heavy atom. The molecule has 0 saturated carbocycles. The van der Waals surface area contributed by atoms with E-state index in [2.05, 4.69) is 50.2 Å². The highest BCUT2D eigenvalue weighted by Gasteiger charge is 2.17. The van der Waals surface area contributed by atoms with Crippen molar-refractivity contribution in [1.82, 2.24) is 35.3 Å². The van der Waals surface area contributed by atoms with Crippen LogP contribution in [0.15, 0.2) is 54.7 Å². The first kappa shape index (κ1) is 20.5. The molecule has 1 N–H and O–H groups in total. The lowest BCUT2D eigenvalue weighted by Crippen LogP contribution is -2.28. The number of benzene rings is 2. The largest absolute Gasteiger partial charge is 0.344 e. The number of tetrazole rings is 1. The van der Waals surface area contributed by atoms with E-state index in [-0.39, 0.29) is 11.9 Å². The second-order valence-electron chi connectivity index (χ2n) is 7.57. The van der Waals surface area contributed by atoms with Crippen LogP contribution in [-0.2, 0) is 13.5 Å². The van der Waals surface area contributed by atoms with E-state index < -0.39 is 0 Å². The number of aromatic nitrogens is 6. The van der Waals surface area contributed by atoms with Crippen molar-refractivity contribution in [1.29, 1.82) is 0 Å². The first-order valence-corrected chi connectivity index (χ1v) is 10.2. The molecule has 2 aromatic heterocycles. The zero-order valence-electron chi connectivity index (χ0n) is 18.1. The minimum atomic E-state index is -0.189. The standard InChI is InChI=1S/C23H25N7O/c1-5-22-26-27-28-30(22)20-13-18(17-8-6-15(2)7-9-17)12-19(14-20)23(31)25-16(3)21-10-11-24-29(21)4/h6-14,16H,5H2,1-4H3,(H,25,31). The van der Waals surface area contributed by atoms with Crippen LogP contribution < -0.4 is 5.32 Å². The van der Waals surface area contributed by atoms with Crippen molar-refractivity contribution in [3.8, 4) is 16.8 Å². The van der Waals surface area contributed by atoms with Gasteiger partial charge < -0.3 is 5.32 Å². The molecule has 2 heterocycles. The minimum Gasteiger partial charge on any atom is -0.344 e. The Labute approximate surface area is 180 Å². The van der Waals surface area contributed by atoms with Crippen molar-refractivity contribution in [3.63, 3.8) is 0 Å². The van der Waals surface area contributed by atoms with Crippen molar-refractivity contribution in [3.05, 3.63) is 77.4 Å². The summed E-state index contributed by atoms with van der Waals surface area (Å²) in [5.74, 6) is 0.561. The van der Waals surface area contributed by atoms with Gasteiger partial charge in [-0.2, -0.15) is 9.78 Å². The molecule has 0 saturated heterocycles. The molecule has 0 aliphatic rings. The summed E-state index contributed by atoms with van der Waals surface area (Å²) in [5.41, 5.74) is 5.34. The molecule has 8 heteroatoms. The number of aryl methyl sites for hydroxylation is 3. The summed E-state index contributed by atoms with van der Waals surface area (Å²) in [7, 11) is 1.86. The monoisotopic (exact) mass is 415 g/mol. The molecule has 0 radical (unpaired) electrons. The van der Waals surface area contributed by atoms with Crippen LogP contribution in [0.5, 0.6) is 0 Å². The maximum Gasteiger partial charge on any atom is 0.251 e. The van der Waals surface area contributed by atoms with Crippen LogP contribution >= 0.6 is 0 Å². The molecule has 4 aromatic rings. The van der Waals surface area contributed by atoms with Crippen LogP contribution in [0.25, 0.3) is 16.8 Å². The van der Waals surface area contributed by atoms with Gasteiger partial charge in [-0.15, -0.1) is 5.10 Å². The van der Waals surface area contributed by atoms with Crippen molar-refractivity contribution in [2.45, 2.75) is 33.2 Å². The second kappa shape index (κ2) is 8.51. The van der Waals surface area contributed by atoms with Gasteiger partial charge in [0.25, 0.3) is 5.91 Å². The van der Waals surface area contributed by atoms with Crippen molar-refractivity contribution < 1.29 is 4.79 Å². The average Bonchev–Trinajstić information content (AvgIpc) is 3.42. The smallest absolute Gasteiger partial charge is 0.251 e. The van der Waals surface area contributed by atoms with E-state index in [1.807, 2.05) is 52.1 Å². The molecule has 2 aromatic carbocycles. The summed E-state index contributed by atoms with van der Waals surface area (Å²) >= 11 is 0. The van der Waals surface area contributed by atoms with Gasteiger partial charge >= 0.3 is 0 Å². The zero-order valence-corrected chi connectivity index (χ0v) is 18.1. The van der Waals surface area contributed by atoms with E-state index in [9.17, 15) is 4.79 Å². The molecule has 0 aliphatic heterocycles. The normalized spacial score (nSPS) is 12.0. The SMILES string of the molecule is CCc1nnnn1-c1cc(C(=O)NC(C)c2ccnn2C)cc(-c2ccc(C)cc2)c1. The topological polar surface area (TPSA) is 90.5 Å². The molecule has 4 rings (SSSR count). The number of nitrogens with zero attached hydrogens (tertiary/aromatic N) is 6. The summed E-state index contributed by atoms with van der Waals surface area (Å²) < 4.78 is 3.44. The third-order valence-corrected chi connectivity index (χ3v) is 5.31. The molecule has 1 unspecified atom stereocenters. The molecule has 31 heavy (non-hydrogen) atoms. The molecule has 0 fully saturated rings. The van der Waals surface area contributed by atoms with E-state index in [0.717, 1.165) is 28.3 Å². The lowest BCUT2D eigenvalue weighted by Gasteiger charge is -2.16. The molecular formula is C23H25N7O. The number of carbonyl (C=O) groups is 1. The van der Waals surface area contributed by atoms with Crippen LogP contribution in [0.1, 0.15) is 47.3 Å². The molecular weight excluding hydrogens is 390 g/mol. The summed E-state index contributed by atoms with van der Waals surface area (Å²) in [6, 6.07) is 15.6. The van der Waals surface area contributed by atoms with Crippen LogP contribution in [0, 0.1) is 6.92 Å². The summed E-state index contributed by atoms with van der Waals surface area (Å²) in [4.78, 5) is 13.2. The maximum absolute atomic E-state index is 13.2. The molecule has 8 nitrogen and oxygen atoms in total. The van der Waals surface area contributed by atoms with Crippen LogP contribution in [0.2, 0.25) is 0 Å². The van der Waals surface area contributed by atoms with Gasteiger partial charge in [0.2, 0.25) is 0 Å². The Balaban J connectivity index is 1.74. The number of hydrogen-bond donors (Lipinski definition) is 1. The fraction of sp³-hybridized carbons (Fsp3) is 0.261. The van der Waals surface area contributed by atoms with Gasteiger partial charge in [-0.1, -0.05) is 36.8 Å². The predicted molar refractivity (Wildman–Crippen MR) is 118 cm³/mol. The van der Waals surface area contributed by atoms with E-state index in [4.69, 9.17) is 0 Å². The van der Waals surface area contributed by atoms with Crippen molar-refractivity contribution >= 4 is 5.91 Å². The maximum atomic E-state index is 13.2. The van der Waals surface area contributed by atoms with Crippen molar-refractivity contribution in [2.24, 2.45) is 7.05 Å². The van der Waals surface area contributed by atoms with Gasteiger partial charge in [-0.05, 0) is 59.7 Å². The Morgan fingerprint density at radius 2 is 1.87 bits per heavy atom. The van der Waals surface area contributed by atoms with Gasteiger partial charge in [0.1, 0.15) is 0 Å². The number of hydrogen-bond acceptors (Lipinski definition) is 5. The van der Waals surface area contributed by atoms with Gasteiger partial charge in [-0.3, -0.25) is 9.48 Å². The highest BCUT2D eigenvalue weighted by Crippen LogP contribution is 2.25. The fourth-order valence-electron chi connectivity index (χ4n) is 3.57. The molecule has 0 bridgehead atoms. The van der Waals surface area contributed by atoms with Gasteiger partial charge in [0, 0.05) is 25.2 Å². The number of nitrogens with one attached hydrogen (secondary N) is 1. The summed E-state index contributed by atoms with van der Waals surface area (Å²) in [5, 5.41) is 19.3. The number of carbonyl (C=O) groups excluding carboxylic acids is 1. The average molecular weight is 416 g/mol. The lowest BCUT2D eigenvalue weighted by atomic mass is 10.0. The third-order valence-electron chi connectivity index (χ3n) is 5.31. The highest BCUT2D eigenvalue weighted by atomic mass is 16.1. The van der Waals surface area contributed by atoms with Gasteiger partial charge in [-0.25, -0.2) is 0 Å². The predicted octanol–water partition coefficient (Wildman–Crippen LogP) is 3.42. The van der Waals surface area contributed by atoms with Crippen molar-refractivity contribution in [2.75, 3.05) is 0 Å². The van der Waals surface area contributed by atoms with Gasteiger partial charge in [0.05, 0.1) is 17.4 Å². The Hall–Kier alpha value is -3.81.